The molecule has 4 rings (SSSR count). The van der Waals surface area contributed by atoms with Crippen molar-refractivity contribution in [2.75, 3.05) is 48.8 Å². The summed E-state index contributed by atoms with van der Waals surface area (Å²) < 4.78 is 32.5. The molecule has 0 fully saturated rings. The van der Waals surface area contributed by atoms with Crippen LogP contribution >= 0.6 is 0 Å². The van der Waals surface area contributed by atoms with E-state index in [2.05, 4.69) is 0 Å². The van der Waals surface area contributed by atoms with Crippen molar-refractivity contribution in [3.05, 3.63) is 58.8 Å². The average molecular weight is 538 g/mol. The fourth-order valence-corrected chi connectivity index (χ4v) is 5.43. The summed E-state index contributed by atoms with van der Waals surface area (Å²) in [5, 5.41) is 0. The first-order valence-corrected chi connectivity index (χ1v) is 12.8. The third kappa shape index (κ3) is 5.63. The van der Waals surface area contributed by atoms with Gasteiger partial charge < -0.3 is 28.4 Å². The first-order valence-electron chi connectivity index (χ1n) is 12.8. The average Bonchev–Trinajstić information content (AvgIpc) is 2.95. The van der Waals surface area contributed by atoms with Gasteiger partial charge in [0.15, 0.2) is 17.3 Å². The van der Waals surface area contributed by atoms with Gasteiger partial charge in [-0.05, 0) is 43.0 Å². The van der Waals surface area contributed by atoms with Crippen molar-refractivity contribution >= 4 is 17.5 Å². The predicted molar refractivity (Wildman–Crippen MR) is 145 cm³/mol. The number of carbonyl (C=O) groups is 2. The molecule has 0 saturated carbocycles. The molecule has 0 amide bonds. The molecule has 1 aliphatic heterocycles. The van der Waals surface area contributed by atoms with Crippen LogP contribution in [0.25, 0.3) is 0 Å². The summed E-state index contributed by atoms with van der Waals surface area (Å²) in [4.78, 5) is 32.1. The largest absolute Gasteiger partial charge is 0.497 e. The second-order valence-corrected chi connectivity index (χ2v) is 9.48. The Bertz CT molecular complexity index is 1300. The van der Waals surface area contributed by atoms with E-state index in [1.54, 1.807) is 54.6 Å². The highest BCUT2D eigenvalue weighted by Gasteiger charge is 2.46. The molecule has 3 atom stereocenters. The second kappa shape index (κ2) is 12.3. The number of ether oxygens (including phenoxy) is 6. The number of nitrogens with zero attached hydrogens (tertiary/aromatic N) is 1. The van der Waals surface area contributed by atoms with Gasteiger partial charge in [0.2, 0.25) is 0 Å². The quantitative estimate of drug-likeness (QED) is 0.323. The van der Waals surface area contributed by atoms with Gasteiger partial charge in [0.05, 0.1) is 35.0 Å². The SMILES string of the molecule is COCCOC(=O)C1C(C)=NC2=C(C(=O)C[C@@H](c3ccc(OC)c(OC)c3)C2)[C@@H]1c1ccc(OC)cc1OC. The van der Waals surface area contributed by atoms with Crippen LogP contribution in [0.15, 0.2) is 52.7 Å². The Morgan fingerprint density at radius 2 is 1.62 bits per heavy atom. The molecule has 208 valence electrons. The maximum absolute atomic E-state index is 13.9. The Labute approximate surface area is 228 Å². The van der Waals surface area contributed by atoms with Gasteiger partial charge in [-0.1, -0.05) is 12.1 Å². The molecule has 0 N–H and O–H groups in total. The Morgan fingerprint density at radius 3 is 2.28 bits per heavy atom. The monoisotopic (exact) mass is 537 g/mol. The maximum Gasteiger partial charge on any atom is 0.315 e. The van der Waals surface area contributed by atoms with Crippen LogP contribution < -0.4 is 18.9 Å². The van der Waals surface area contributed by atoms with Gasteiger partial charge in [-0.15, -0.1) is 0 Å². The maximum atomic E-state index is 13.9. The minimum absolute atomic E-state index is 0.0650. The molecule has 0 aromatic heterocycles. The van der Waals surface area contributed by atoms with E-state index < -0.39 is 17.8 Å². The van der Waals surface area contributed by atoms with Crippen LogP contribution in [0, 0.1) is 5.92 Å². The van der Waals surface area contributed by atoms with E-state index >= 15 is 0 Å². The van der Waals surface area contributed by atoms with Crippen molar-refractivity contribution < 1.29 is 38.0 Å². The molecule has 1 aliphatic carbocycles. The van der Waals surface area contributed by atoms with Crippen molar-refractivity contribution in [2.24, 2.45) is 10.9 Å². The summed E-state index contributed by atoms with van der Waals surface area (Å²) in [7, 11) is 7.84. The Kier molecular flexibility index (Phi) is 8.91. The third-order valence-corrected chi connectivity index (χ3v) is 7.33. The van der Waals surface area contributed by atoms with Gasteiger partial charge in [-0.25, -0.2) is 0 Å². The van der Waals surface area contributed by atoms with Crippen LogP contribution in [0.4, 0.5) is 0 Å². The van der Waals surface area contributed by atoms with Crippen LogP contribution in [0.5, 0.6) is 23.0 Å². The third-order valence-electron chi connectivity index (χ3n) is 7.33. The topological polar surface area (TPSA) is 102 Å². The van der Waals surface area contributed by atoms with Gasteiger partial charge in [-0.2, -0.15) is 0 Å². The number of Topliss-reactive ketones (excluding diaryl/α,β-unsaturated/α-hetero) is 1. The van der Waals surface area contributed by atoms with E-state index in [0.717, 1.165) is 5.56 Å². The molecule has 2 aromatic carbocycles. The second-order valence-electron chi connectivity index (χ2n) is 9.48. The minimum atomic E-state index is -0.788. The normalized spacial score (nSPS) is 20.6. The number of hydrogen-bond donors (Lipinski definition) is 0. The number of aliphatic imine (C=N–C) groups is 1. The fraction of sp³-hybridized carbons (Fsp3) is 0.433. The Morgan fingerprint density at radius 1 is 0.872 bits per heavy atom. The molecule has 2 aromatic rings. The molecule has 0 saturated heterocycles. The molecule has 9 heteroatoms. The van der Waals surface area contributed by atoms with Gasteiger partial charge in [0.1, 0.15) is 24.0 Å². The fourth-order valence-electron chi connectivity index (χ4n) is 5.43. The lowest BCUT2D eigenvalue weighted by Crippen LogP contribution is -2.38. The summed E-state index contributed by atoms with van der Waals surface area (Å²) >= 11 is 0. The lowest BCUT2D eigenvalue weighted by atomic mass is 9.69. The first-order chi connectivity index (χ1) is 18.9. The summed E-state index contributed by atoms with van der Waals surface area (Å²) in [5.74, 6) is 0.316. The van der Waals surface area contributed by atoms with E-state index in [0.29, 0.717) is 52.0 Å². The van der Waals surface area contributed by atoms with Gasteiger partial charge in [0, 0.05) is 48.1 Å². The molecule has 1 heterocycles. The molecule has 39 heavy (non-hydrogen) atoms. The minimum Gasteiger partial charge on any atom is -0.497 e. The lowest BCUT2D eigenvalue weighted by Gasteiger charge is -2.37. The molecular weight excluding hydrogens is 502 g/mol. The smallest absolute Gasteiger partial charge is 0.315 e. The van der Waals surface area contributed by atoms with E-state index in [1.165, 1.54) is 0 Å². The number of esters is 1. The highest BCUT2D eigenvalue weighted by Crippen LogP contribution is 2.49. The van der Waals surface area contributed by atoms with Crippen molar-refractivity contribution in [3.8, 4) is 23.0 Å². The van der Waals surface area contributed by atoms with E-state index in [9.17, 15) is 9.59 Å². The zero-order valence-corrected chi connectivity index (χ0v) is 23.2. The predicted octanol–water partition coefficient (Wildman–Crippen LogP) is 4.49. The molecule has 9 nitrogen and oxygen atoms in total. The van der Waals surface area contributed by atoms with Crippen LogP contribution in [-0.4, -0.2) is 66.2 Å². The highest BCUT2D eigenvalue weighted by molar-refractivity contribution is 6.09. The molecule has 0 bridgehead atoms. The zero-order valence-electron chi connectivity index (χ0n) is 23.2. The van der Waals surface area contributed by atoms with Crippen LogP contribution in [0.3, 0.4) is 0 Å². The number of carbonyl (C=O) groups excluding carboxylic acids is 2. The summed E-state index contributed by atoms with van der Waals surface area (Å²) in [6.45, 7) is 2.18. The van der Waals surface area contributed by atoms with Gasteiger partial charge in [-0.3, -0.25) is 14.6 Å². The van der Waals surface area contributed by atoms with Gasteiger partial charge in [0.25, 0.3) is 0 Å². The van der Waals surface area contributed by atoms with Crippen molar-refractivity contribution in [3.63, 3.8) is 0 Å². The van der Waals surface area contributed by atoms with E-state index in [4.69, 9.17) is 33.4 Å². The van der Waals surface area contributed by atoms with E-state index in [-0.39, 0.29) is 31.3 Å². The molecule has 1 unspecified atom stereocenters. The summed E-state index contributed by atoms with van der Waals surface area (Å²) in [5.41, 5.74) is 3.44. The highest BCUT2D eigenvalue weighted by atomic mass is 16.6. The number of rotatable bonds is 10. The van der Waals surface area contributed by atoms with Crippen LogP contribution in [0.2, 0.25) is 0 Å². The number of hydrogen-bond acceptors (Lipinski definition) is 9. The molecular formula is C30H35NO8. The lowest BCUT2D eigenvalue weighted by molar-refractivity contribution is -0.147. The van der Waals surface area contributed by atoms with Crippen molar-refractivity contribution in [1.29, 1.82) is 0 Å². The van der Waals surface area contributed by atoms with Crippen LogP contribution in [-0.2, 0) is 19.1 Å². The van der Waals surface area contributed by atoms with Crippen molar-refractivity contribution in [1.82, 2.24) is 0 Å². The number of methoxy groups -OCH3 is 5. The molecule has 0 radical (unpaired) electrons. The molecule has 0 spiro atoms. The first kappa shape index (κ1) is 28.2. The van der Waals surface area contributed by atoms with Crippen LogP contribution in [0.1, 0.15) is 42.7 Å². The standard InChI is InChI=1S/C30H35NO8/c1-17-27(30(33)39-12-11-34-2)28(21-9-8-20(35-3)16-25(21)37-5)29-22(31-17)13-19(14-23(29)32)18-7-10-24(36-4)26(15-18)38-6/h7-10,15-16,19,27-28H,11-14H2,1-6H3/t19-,27?,28+/m0/s1. The van der Waals surface area contributed by atoms with Crippen molar-refractivity contribution in [2.45, 2.75) is 31.6 Å². The Balaban J connectivity index is 1.79. The molecule has 2 aliphatic rings. The number of benzene rings is 2. The summed E-state index contributed by atoms with van der Waals surface area (Å²) in [6, 6.07) is 11.1. The number of allylic oxidation sites excluding steroid dienone is 2. The zero-order chi connectivity index (χ0) is 28.1. The Hall–Kier alpha value is -3.85. The summed E-state index contributed by atoms with van der Waals surface area (Å²) in [6.07, 6.45) is 0.803. The van der Waals surface area contributed by atoms with Gasteiger partial charge >= 0.3 is 5.97 Å². The number of ketones is 1. The van der Waals surface area contributed by atoms with E-state index in [1.807, 2.05) is 24.3 Å².